The van der Waals surface area contributed by atoms with Crippen molar-refractivity contribution in [1.29, 1.82) is 0 Å². The van der Waals surface area contributed by atoms with Gasteiger partial charge in [0.15, 0.2) is 0 Å². The van der Waals surface area contributed by atoms with Gasteiger partial charge < -0.3 is 9.84 Å². The van der Waals surface area contributed by atoms with Crippen LogP contribution in [0.15, 0.2) is 100 Å². The minimum absolute atomic E-state index is 0.0774. The van der Waals surface area contributed by atoms with E-state index in [2.05, 4.69) is 15.9 Å². The average Bonchev–Trinajstić information content (AvgIpc) is 3.52. The molecule has 180 valence electrons. The molecule has 0 aliphatic carbocycles. The zero-order valence-electron chi connectivity index (χ0n) is 19.4. The number of rotatable bonds is 6. The van der Waals surface area contributed by atoms with Crippen LogP contribution in [0.4, 0.5) is 5.69 Å². The van der Waals surface area contributed by atoms with E-state index >= 15 is 0 Å². The molecule has 1 aliphatic rings. The Morgan fingerprint density at radius 3 is 2.42 bits per heavy atom. The van der Waals surface area contributed by atoms with Gasteiger partial charge in [-0.25, -0.2) is 0 Å². The summed E-state index contributed by atoms with van der Waals surface area (Å²) in [6.07, 6.45) is 0. The molecular formula is C29H22BrNO4S. The first kappa shape index (κ1) is 24.0. The highest BCUT2D eigenvalue weighted by Crippen LogP contribution is 2.44. The number of carbonyl (C=O) groups is 2. The van der Waals surface area contributed by atoms with Gasteiger partial charge in [0.05, 0.1) is 5.57 Å². The first-order valence-corrected chi connectivity index (χ1v) is 13.0. The molecule has 0 spiro atoms. The molecule has 0 radical (unpaired) electrons. The maximum absolute atomic E-state index is 13.3. The highest BCUT2D eigenvalue weighted by molar-refractivity contribution is 9.10. The van der Waals surface area contributed by atoms with Crippen molar-refractivity contribution < 1.29 is 19.4 Å². The SMILES string of the molecule is Cc1cc(/C(O)=C2/C(=O)C(=O)N(c3ccc(OCc4ccccc4)cc3)C2c2cccs2)ccc1Br. The summed E-state index contributed by atoms with van der Waals surface area (Å²) in [5.74, 6) is -0.928. The number of carbonyl (C=O) groups excluding carboxylic acids is 2. The number of ether oxygens (including phenoxy) is 1. The summed E-state index contributed by atoms with van der Waals surface area (Å²) in [5, 5.41) is 13.1. The second-order valence-corrected chi connectivity index (χ2v) is 10.3. The monoisotopic (exact) mass is 559 g/mol. The van der Waals surface area contributed by atoms with Crippen molar-refractivity contribution in [3.05, 3.63) is 122 Å². The van der Waals surface area contributed by atoms with Crippen molar-refractivity contribution in [2.24, 2.45) is 0 Å². The van der Waals surface area contributed by atoms with E-state index in [1.807, 2.05) is 60.8 Å². The number of Topliss-reactive ketones (excluding diaryl/α,β-unsaturated/α-hetero) is 1. The number of anilines is 1. The van der Waals surface area contributed by atoms with Crippen LogP contribution in [-0.4, -0.2) is 16.8 Å². The Kier molecular flexibility index (Phi) is 6.76. The molecule has 1 aromatic heterocycles. The van der Waals surface area contributed by atoms with Gasteiger partial charge in [0.1, 0.15) is 24.2 Å². The molecule has 1 fully saturated rings. The molecule has 0 saturated carbocycles. The van der Waals surface area contributed by atoms with Crippen LogP contribution in [0.3, 0.4) is 0 Å². The summed E-state index contributed by atoms with van der Waals surface area (Å²) in [7, 11) is 0. The molecule has 5 nitrogen and oxygen atoms in total. The molecule has 2 heterocycles. The predicted molar refractivity (Wildman–Crippen MR) is 145 cm³/mol. The van der Waals surface area contributed by atoms with Crippen LogP contribution in [-0.2, 0) is 16.2 Å². The Labute approximate surface area is 221 Å². The molecule has 7 heteroatoms. The maximum Gasteiger partial charge on any atom is 0.300 e. The van der Waals surface area contributed by atoms with E-state index in [0.717, 1.165) is 20.5 Å². The van der Waals surface area contributed by atoms with Crippen molar-refractivity contribution in [2.75, 3.05) is 4.90 Å². The largest absolute Gasteiger partial charge is 0.507 e. The number of hydrogen-bond donors (Lipinski definition) is 1. The first-order chi connectivity index (χ1) is 17.4. The number of hydrogen-bond acceptors (Lipinski definition) is 5. The van der Waals surface area contributed by atoms with Crippen molar-refractivity contribution in [2.45, 2.75) is 19.6 Å². The molecule has 1 atom stereocenters. The first-order valence-electron chi connectivity index (χ1n) is 11.3. The second kappa shape index (κ2) is 10.1. The molecule has 36 heavy (non-hydrogen) atoms. The van der Waals surface area contributed by atoms with Crippen LogP contribution in [0.25, 0.3) is 5.76 Å². The van der Waals surface area contributed by atoms with Gasteiger partial charge >= 0.3 is 0 Å². The van der Waals surface area contributed by atoms with Gasteiger partial charge in [-0.15, -0.1) is 11.3 Å². The number of nitrogens with zero attached hydrogens (tertiary/aromatic N) is 1. The van der Waals surface area contributed by atoms with E-state index in [4.69, 9.17) is 4.74 Å². The molecule has 1 N–H and O–H groups in total. The molecule has 5 rings (SSSR count). The number of benzene rings is 3. The minimum Gasteiger partial charge on any atom is -0.507 e. The van der Waals surface area contributed by atoms with E-state index in [0.29, 0.717) is 23.6 Å². The van der Waals surface area contributed by atoms with Crippen LogP contribution in [0.1, 0.15) is 27.6 Å². The lowest BCUT2D eigenvalue weighted by Crippen LogP contribution is -2.29. The highest BCUT2D eigenvalue weighted by Gasteiger charge is 2.47. The number of aryl methyl sites for hydroxylation is 1. The zero-order valence-corrected chi connectivity index (χ0v) is 21.8. The number of amides is 1. The van der Waals surface area contributed by atoms with Crippen molar-refractivity contribution in [3.8, 4) is 5.75 Å². The van der Waals surface area contributed by atoms with E-state index in [-0.39, 0.29) is 11.3 Å². The number of ketones is 1. The zero-order chi connectivity index (χ0) is 25.2. The van der Waals surface area contributed by atoms with Gasteiger partial charge in [0, 0.05) is 20.6 Å². The third-order valence-electron chi connectivity index (χ3n) is 6.05. The molecule has 0 bridgehead atoms. The quantitative estimate of drug-likeness (QED) is 0.156. The van der Waals surface area contributed by atoms with E-state index in [1.165, 1.54) is 16.2 Å². The summed E-state index contributed by atoms with van der Waals surface area (Å²) in [5.41, 5.74) is 3.07. The number of halogens is 1. The molecule has 1 aliphatic heterocycles. The third kappa shape index (κ3) is 4.59. The van der Waals surface area contributed by atoms with Crippen LogP contribution >= 0.6 is 27.3 Å². The minimum atomic E-state index is -0.731. The summed E-state index contributed by atoms with van der Waals surface area (Å²) < 4.78 is 6.77. The molecule has 1 amide bonds. The Hall–Kier alpha value is -3.68. The molecule has 1 unspecified atom stereocenters. The van der Waals surface area contributed by atoms with Crippen molar-refractivity contribution in [3.63, 3.8) is 0 Å². The van der Waals surface area contributed by atoms with Gasteiger partial charge in [-0.3, -0.25) is 14.5 Å². The standard InChI is InChI=1S/C29H22BrNO4S/c1-18-16-20(9-14-23(18)30)27(32)25-26(24-8-5-15-36-24)31(29(34)28(25)33)21-10-12-22(13-11-21)35-17-19-6-3-2-4-7-19/h2-16,26,32H,17H2,1H3/b27-25-. The van der Waals surface area contributed by atoms with Crippen LogP contribution in [0, 0.1) is 6.92 Å². The molecule has 3 aromatic carbocycles. The van der Waals surface area contributed by atoms with Crippen LogP contribution < -0.4 is 9.64 Å². The van der Waals surface area contributed by atoms with E-state index in [1.54, 1.807) is 36.4 Å². The average molecular weight is 560 g/mol. The Morgan fingerprint density at radius 1 is 1.00 bits per heavy atom. The fourth-order valence-corrected chi connectivity index (χ4v) is 5.28. The Bertz CT molecular complexity index is 1450. The normalized spacial score (nSPS) is 16.9. The number of thiophene rings is 1. The Morgan fingerprint density at radius 2 is 1.75 bits per heavy atom. The fourth-order valence-electron chi connectivity index (χ4n) is 4.21. The smallest absolute Gasteiger partial charge is 0.300 e. The second-order valence-electron chi connectivity index (χ2n) is 8.42. The van der Waals surface area contributed by atoms with Gasteiger partial charge in [0.25, 0.3) is 11.7 Å². The molecule has 4 aromatic rings. The Balaban J connectivity index is 1.50. The van der Waals surface area contributed by atoms with Crippen molar-refractivity contribution >= 4 is 50.4 Å². The van der Waals surface area contributed by atoms with Crippen LogP contribution in [0.2, 0.25) is 0 Å². The lowest BCUT2D eigenvalue weighted by atomic mass is 9.99. The maximum atomic E-state index is 13.3. The topological polar surface area (TPSA) is 66.8 Å². The van der Waals surface area contributed by atoms with E-state index in [9.17, 15) is 14.7 Å². The van der Waals surface area contributed by atoms with Crippen molar-refractivity contribution in [1.82, 2.24) is 0 Å². The van der Waals surface area contributed by atoms with Gasteiger partial charge in [-0.2, -0.15) is 0 Å². The highest BCUT2D eigenvalue weighted by atomic mass is 79.9. The lowest BCUT2D eigenvalue weighted by molar-refractivity contribution is -0.132. The third-order valence-corrected chi connectivity index (χ3v) is 7.87. The number of aliphatic hydroxyl groups excluding tert-OH is 1. The predicted octanol–water partition coefficient (Wildman–Crippen LogP) is 7.02. The summed E-state index contributed by atoms with van der Waals surface area (Å²) in [6.45, 7) is 2.32. The molecular weight excluding hydrogens is 538 g/mol. The van der Waals surface area contributed by atoms with Crippen LogP contribution in [0.5, 0.6) is 5.75 Å². The number of aliphatic hydroxyl groups is 1. The van der Waals surface area contributed by atoms with Gasteiger partial charge in [-0.05, 0) is 65.9 Å². The lowest BCUT2D eigenvalue weighted by Gasteiger charge is -2.24. The summed E-state index contributed by atoms with van der Waals surface area (Å²) in [4.78, 5) is 28.8. The summed E-state index contributed by atoms with van der Waals surface area (Å²) in [6, 6.07) is 25.3. The fraction of sp³-hybridized carbons (Fsp3) is 0.103. The van der Waals surface area contributed by atoms with E-state index < -0.39 is 17.7 Å². The van der Waals surface area contributed by atoms with Gasteiger partial charge in [-0.1, -0.05) is 58.4 Å². The summed E-state index contributed by atoms with van der Waals surface area (Å²) >= 11 is 4.89. The van der Waals surface area contributed by atoms with Gasteiger partial charge in [0.2, 0.25) is 0 Å². The molecule has 1 saturated heterocycles.